The number of halogens is 1. The van der Waals surface area contributed by atoms with Gasteiger partial charge >= 0.3 is 0 Å². The third-order valence-corrected chi connectivity index (χ3v) is 8.98. The zero-order valence-corrected chi connectivity index (χ0v) is 24.6. The summed E-state index contributed by atoms with van der Waals surface area (Å²) in [5, 5.41) is 25.1. The van der Waals surface area contributed by atoms with Crippen LogP contribution in [0.4, 0.5) is 0 Å². The monoisotopic (exact) mass is 563 g/mol. The van der Waals surface area contributed by atoms with Gasteiger partial charge in [0.2, 0.25) is 11.8 Å². The molecule has 1 aliphatic heterocycles. The Balaban J connectivity index is 0.00000353. The van der Waals surface area contributed by atoms with Gasteiger partial charge in [-0.1, -0.05) is 19.9 Å². The highest BCUT2D eigenvalue weighted by Gasteiger charge is 2.55. The number of hydrogen-bond acceptors (Lipinski definition) is 6. The molecule has 4 aliphatic carbocycles. The fourth-order valence-corrected chi connectivity index (χ4v) is 7.16. The number of aliphatic hydroxyl groups is 1. The number of ether oxygens (including phenoxy) is 1. The van der Waals surface area contributed by atoms with Crippen molar-refractivity contribution in [3.8, 4) is 5.88 Å². The molecular formula is C29H46ClN5O4. The SMILES string of the molecule is CC(C)COc1c(C(=O)NC2C3CC4CC2CC(O)(C4)C3)cnn1/C=C/C(C)(C)C(=O)NC[C@H]1CCCN1.Cl. The van der Waals surface area contributed by atoms with Crippen LogP contribution in [-0.2, 0) is 4.79 Å². The minimum atomic E-state index is -0.761. The molecule has 5 aliphatic rings. The second-order valence-electron chi connectivity index (χ2n) is 13.2. The lowest BCUT2D eigenvalue weighted by atomic mass is 9.52. The van der Waals surface area contributed by atoms with Crippen LogP contribution in [0.15, 0.2) is 12.3 Å². The average molecular weight is 564 g/mol. The summed E-state index contributed by atoms with van der Waals surface area (Å²) < 4.78 is 7.65. The van der Waals surface area contributed by atoms with Gasteiger partial charge in [-0.15, -0.1) is 12.4 Å². The predicted molar refractivity (Wildman–Crippen MR) is 153 cm³/mol. The Kier molecular flexibility index (Phi) is 9.03. The van der Waals surface area contributed by atoms with E-state index in [-0.39, 0.29) is 36.2 Å². The van der Waals surface area contributed by atoms with Crippen molar-refractivity contribution in [2.24, 2.45) is 29.1 Å². The molecule has 5 fully saturated rings. The van der Waals surface area contributed by atoms with Gasteiger partial charge in [0.05, 0.1) is 23.8 Å². The van der Waals surface area contributed by atoms with Crippen molar-refractivity contribution in [1.82, 2.24) is 25.7 Å². The average Bonchev–Trinajstić information content (AvgIpc) is 3.51. The molecule has 0 aromatic carbocycles. The Hall–Kier alpha value is -2.10. The first-order valence-electron chi connectivity index (χ1n) is 14.5. The van der Waals surface area contributed by atoms with E-state index in [0.717, 1.165) is 51.5 Å². The van der Waals surface area contributed by atoms with Crippen LogP contribution >= 0.6 is 12.4 Å². The lowest BCUT2D eigenvalue weighted by Gasteiger charge is -2.58. The van der Waals surface area contributed by atoms with Crippen LogP contribution in [0.3, 0.4) is 0 Å². The first-order valence-corrected chi connectivity index (χ1v) is 14.5. The third kappa shape index (κ3) is 6.63. The fourth-order valence-electron chi connectivity index (χ4n) is 7.16. The Morgan fingerprint density at radius 2 is 2.00 bits per heavy atom. The molecule has 0 spiro atoms. The number of aromatic nitrogens is 2. The molecule has 2 unspecified atom stereocenters. The molecule has 4 N–H and O–H groups in total. The molecule has 1 aromatic rings. The van der Waals surface area contributed by atoms with Crippen molar-refractivity contribution in [3.63, 3.8) is 0 Å². The van der Waals surface area contributed by atoms with E-state index in [2.05, 4.69) is 34.9 Å². The van der Waals surface area contributed by atoms with Crippen LogP contribution in [0.5, 0.6) is 5.88 Å². The van der Waals surface area contributed by atoms with E-state index >= 15 is 0 Å². The molecule has 9 nitrogen and oxygen atoms in total. The molecule has 2 heterocycles. The highest BCUT2D eigenvalue weighted by atomic mass is 35.5. The van der Waals surface area contributed by atoms with Crippen molar-refractivity contribution in [1.29, 1.82) is 0 Å². The van der Waals surface area contributed by atoms with Gasteiger partial charge in [-0.25, -0.2) is 4.68 Å². The van der Waals surface area contributed by atoms with Crippen LogP contribution in [-0.4, -0.2) is 64.1 Å². The smallest absolute Gasteiger partial charge is 0.258 e. The second kappa shape index (κ2) is 11.8. The maximum Gasteiger partial charge on any atom is 0.258 e. The Bertz CT molecular complexity index is 1050. The van der Waals surface area contributed by atoms with Crippen LogP contribution in [0.2, 0.25) is 0 Å². The molecule has 4 bridgehead atoms. The number of rotatable bonds is 10. The van der Waals surface area contributed by atoms with Gasteiger partial charge in [0.15, 0.2) is 0 Å². The topological polar surface area (TPSA) is 118 Å². The van der Waals surface area contributed by atoms with Crippen molar-refractivity contribution in [3.05, 3.63) is 17.8 Å². The Labute approximate surface area is 238 Å². The first-order chi connectivity index (χ1) is 18.0. The minimum Gasteiger partial charge on any atom is -0.477 e. The van der Waals surface area contributed by atoms with E-state index < -0.39 is 11.0 Å². The number of hydrogen-bond donors (Lipinski definition) is 4. The number of carbonyl (C=O) groups excluding carboxylic acids is 2. The largest absolute Gasteiger partial charge is 0.477 e. The summed E-state index contributed by atoms with van der Waals surface area (Å²) in [6.07, 6.45) is 11.9. The van der Waals surface area contributed by atoms with Gasteiger partial charge in [-0.2, -0.15) is 5.10 Å². The molecule has 10 heteroatoms. The van der Waals surface area contributed by atoms with Crippen LogP contribution in [0.25, 0.3) is 6.20 Å². The predicted octanol–water partition coefficient (Wildman–Crippen LogP) is 3.37. The van der Waals surface area contributed by atoms with Gasteiger partial charge in [0.1, 0.15) is 5.56 Å². The van der Waals surface area contributed by atoms with Gasteiger partial charge in [0, 0.05) is 24.8 Å². The molecule has 1 aromatic heterocycles. The van der Waals surface area contributed by atoms with Gasteiger partial charge in [0.25, 0.3) is 5.91 Å². The van der Waals surface area contributed by atoms with Crippen LogP contribution in [0, 0.1) is 29.1 Å². The molecule has 39 heavy (non-hydrogen) atoms. The molecule has 4 saturated carbocycles. The zero-order valence-electron chi connectivity index (χ0n) is 23.7. The van der Waals surface area contributed by atoms with Gasteiger partial charge < -0.3 is 25.8 Å². The maximum atomic E-state index is 13.5. The van der Waals surface area contributed by atoms with E-state index in [0.29, 0.717) is 48.4 Å². The van der Waals surface area contributed by atoms with Crippen LogP contribution in [0.1, 0.15) is 83.0 Å². The molecule has 6 rings (SSSR count). The summed E-state index contributed by atoms with van der Waals surface area (Å²) in [7, 11) is 0. The number of amides is 2. The lowest BCUT2D eigenvalue weighted by molar-refractivity contribution is -0.137. The number of nitrogens with one attached hydrogen (secondary N) is 3. The van der Waals surface area contributed by atoms with Crippen molar-refractivity contribution in [2.75, 3.05) is 19.7 Å². The second-order valence-corrected chi connectivity index (χ2v) is 13.2. The van der Waals surface area contributed by atoms with Crippen LogP contribution < -0.4 is 20.7 Å². The highest BCUT2D eigenvalue weighted by Crippen LogP contribution is 2.55. The number of carbonyl (C=O) groups is 2. The fraction of sp³-hybridized carbons (Fsp3) is 0.759. The summed E-state index contributed by atoms with van der Waals surface area (Å²) >= 11 is 0. The Morgan fingerprint density at radius 3 is 2.62 bits per heavy atom. The lowest BCUT2D eigenvalue weighted by Crippen LogP contribution is -2.61. The summed E-state index contributed by atoms with van der Waals surface area (Å²) in [4.78, 5) is 26.4. The standard InChI is InChI=1S/C29H45N5O4.ClH/c1-18(2)17-38-26-23(25(35)33-24-20-10-19-11-21(24)14-29(37,12-19)13-20)16-32-34(26)9-7-28(3,4)27(36)31-15-22-6-5-8-30-22;/h7,9,16,18-22,24,30,37H,5-6,8,10-15,17H2,1-4H3,(H,31,36)(H,33,35);1H/b9-7+;/t19?,20?,21?,22-,24?,29?;/m1./s1. The summed E-state index contributed by atoms with van der Waals surface area (Å²) in [6.45, 7) is 9.92. The van der Waals surface area contributed by atoms with Gasteiger partial charge in [-0.3, -0.25) is 9.59 Å². The van der Waals surface area contributed by atoms with E-state index in [1.165, 1.54) is 0 Å². The zero-order chi connectivity index (χ0) is 27.1. The van der Waals surface area contributed by atoms with Crippen molar-refractivity contribution in [2.45, 2.75) is 90.3 Å². The molecule has 2 amide bonds. The van der Waals surface area contributed by atoms with E-state index in [4.69, 9.17) is 4.74 Å². The number of nitrogens with zero attached hydrogens (tertiary/aromatic N) is 2. The first kappa shape index (κ1) is 29.9. The molecule has 3 atom stereocenters. The third-order valence-electron chi connectivity index (χ3n) is 8.98. The molecular weight excluding hydrogens is 518 g/mol. The quantitative estimate of drug-likeness (QED) is 0.347. The molecule has 218 valence electrons. The molecule has 1 saturated heterocycles. The van der Waals surface area contributed by atoms with Crippen molar-refractivity contribution >= 4 is 30.4 Å². The normalized spacial score (nSPS) is 31.5. The van der Waals surface area contributed by atoms with E-state index in [1.807, 2.05) is 13.8 Å². The van der Waals surface area contributed by atoms with Gasteiger partial charge in [-0.05, 0) is 89.0 Å². The summed E-state index contributed by atoms with van der Waals surface area (Å²) in [5.74, 6) is 1.65. The van der Waals surface area contributed by atoms with E-state index in [9.17, 15) is 14.7 Å². The van der Waals surface area contributed by atoms with E-state index in [1.54, 1.807) is 23.2 Å². The summed E-state index contributed by atoms with van der Waals surface area (Å²) in [5.41, 5.74) is -0.897. The Morgan fingerprint density at radius 1 is 1.28 bits per heavy atom. The van der Waals surface area contributed by atoms with Crippen molar-refractivity contribution < 1.29 is 19.4 Å². The highest BCUT2D eigenvalue weighted by molar-refractivity contribution is 5.96. The maximum absolute atomic E-state index is 13.5. The summed E-state index contributed by atoms with van der Waals surface area (Å²) in [6, 6.07) is 0.410. The minimum absolute atomic E-state index is 0. The molecule has 0 radical (unpaired) electrons.